The lowest BCUT2D eigenvalue weighted by atomic mass is 9.95. The topological polar surface area (TPSA) is 163 Å². The van der Waals surface area contributed by atoms with Gasteiger partial charge < -0.3 is 10.2 Å². The van der Waals surface area contributed by atoms with Crippen LogP contribution in [-0.2, 0) is 19.6 Å². The minimum atomic E-state index is -1.50. The Bertz CT molecular complexity index is 1220. The summed E-state index contributed by atoms with van der Waals surface area (Å²) in [5.41, 5.74) is -3.72. The molecule has 0 aliphatic rings. The van der Waals surface area contributed by atoms with E-state index in [0.29, 0.717) is 0 Å². The molecule has 11 heteroatoms. The highest BCUT2D eigenvalue weighted by Crippen LogP contribution is 2.25. The predicted molar refractivity (Wildman–Crippen MR) is 141 cm³/mol. The van der Waals surface area contributed by atoms with Gasteiger partial charge in [0.25, 0.3) is 0 Å². The second-order valence-corrected chi connectivity index (χ2v) is 10.9. The first-order chi connectivity index (χ1) is 18.4. The number of hydrogen-bond acceptors (Lipinski definition) is 9. The predicted octanol–water partition coefficient (Wildman–Crippen LogP) is 5.36. The molecule has 0 unspecified atom stereocenters. The molecular weight excluding hydrogens is 524 g/mol. The van der Waals surface area contributed by atoms with Gasteiger partial charge in [0.2, 0.25) is 0 Å². The SMILES string of the molecule is CC(C)C(C)(C)OOC(=O)c1ccc(C(=O)c2ccc(C(=O)OOC(C)(C)C(C)C)c(C(=O)O)c2)cc1C(=O)O. The van der Waals surface area contributed by atoms with Gasteiger partial charge in [-0.15, -0.1) is 0 Å². The molecule has 0 heterocycles. The van der Waals surface area contributed by atoms with Crippen LogP contribution in [0.15, 0.2) is 36.4 Å². The summed E-state index contributed by atoms with van der Waals surface area (Å²) in [7, 11) is 0. The van der Waals surface area contributed by atoms with Crippen molar-refractivity contribution in [1.82, 2.24) is 0 Å². The second-order valence-electron chi connectivity index (χ2n) is 10.9. The highest BCUT2D eigenvalue weighted by Gasteiger charge is 2.30. The molecule has 0 aliphatic heterocycles. The Morgan fingerprint density at radius 2 is 0.925 bits per heavy atom. The smallest absolute Gasteiger partial charge is 0.373 e. The fourth-order valence-electron chi connectivity index (χ4n) is 2.82. The van der Waals surface area contributed by atoms with Gasteiger partial charge in [0, 0.05) is 11.1 Å². The van der Waals surface area contributed by atoms with E-state index >= 15 is 0 Å². The van der Waals surface area contributed by atoms with E-state index in [9.17, 15) is 34.2 Å². The number of carboxylic acids is 2. The molecule has 2 aromatic carbocycles. The minimum absolute atomic E-state index is 0.0254. The van der Waals surface area contributed by atoms with E-state index in [0.717, 1.165) is 24.3 Å². The molecule has 2 rings (SSSR count). The van der Waals surface area contributed by atoms with Crippen LogP contribution in [0.5, 0.6) is 0 Å². The zero-order chi connectivity index (χ0) is 30.6. The van der Waals surface area contributed by atoms with Crippen LogP contribution in [0.4, 0.5) is 0 Å². The number of hydrogen-bond donors (Lipinski definition) is 2. The van der Waals surface area contributed by atoms with E-state index in [2.05, 4.69) is 0 Å². The summed E-state index contributed by atoms with van der Waals surface area (Å²) in [5, 5.41) is 19.3. The summed E-state index contributed by atoms with van der Waals surface area (Å²) < 4.78 is 0. The molecule has 0 amide bonds. The third-order valence-corrected chi connectivity index (χ3v) is 6.91. The average Bonchev–Trinajstić information content (AvgIpc) is 2.89. The maximum absolute atomic E-state index is 13.2. The average molecular weight is 559 g/mol. The summed E-state index contributed by atoms with van der Waals surface area (Å²) in [6, 6.07) is 6.54. The Morgan fingerprint density at radius 1 is 0.600 bits per heavy atom. The molecule has 0 saturated carbocycles. The summed E-state index contributed by atoms with van der Waals surface area (Å²) in [6.45, 7) is 14.2. The number of carbonyl (C=O) groups excluding carboxylic acids is 3. The van der Waals surface area contributed by atoms with E-state index in [1.165, 1.54) is 12.1 Å². The Hall–Kier alpha value is -4.09. The first-order valence-corrected chi connectivity index (χ1v) is 12.5. The van der Waals surface area contributed by atoms with Crippen molar-refractivity contribution in [2.75, 3.05) is 0 Å². The molecule has 0 atom stereocenters. The van der Waals surface area contributed by atoms with Crippen LogP contribution in [0, 0.1) is 11.8 Å². The van der Waals surface area contributed by atoms with E-state index < -0.39 is 52.0 Å². The summed E-state index contributed by atoms with van der Waals surface area (Å²) >= 11 is 0. The van der Waals surface area contributed by atoms with Gasteiger partial charge in [-0.05, 0) is 63.8 Å². The standard InChI is InChI=1S/C29H34O11/c1-15(2)28(5,6)39-37-26(35)19-11-9-17(13-21(19)24(31)32)23(30)18-10-12-20(22(14-18)25(33)34)27(36)38-40-29(7,8)16(3)4/h9-16H,1-8H3,(H,31,32)(H,33,34). The van der Waals surface area contributed by atoms with Crippen LogP contribution in [0.1, 0.15) is 113 Å². The molecule has 0 aliphatic carbocycles. The van der Waals surface area contributed by atoms with Gasteiger partial charge in [-0.2, -0.15) is 9.78 Å². The van der Waals surface area contributed by atoms with Crippen LogP contribution >= 0.6 is 0 Å². The number of rotatable bonds is 12. The van der Waals surface area contributed by atoms with Crippen molar-refractivity contribution in [2.24, 2.45) is 11.8 Å². The van der Waals surface area contributed by atoms with Crippen LogP contribution in [0.2, 0.25) is 0 Å². The van der Waals surface area contributed by atoms with Crippen LogP contribution in [-0.4, -0.2) is 51.1 Å². The number of carboxylic acid groups (broad SMARTS) is 2. The Labute approximate surface area is 231 Å². The largest absolute Gasteiger partial charge is 0.478 e. The molecular formula is C29H34O11. The number of carbonyl (C=O) groups is 5. The van der Waals surface area contributed by atoms with Gasteiger partial charge in [-0.3, -0.25) is 14.6 Å². The lowest BCUT2D eigenvalue weighted by molar-refractivity contribution is -0.317. The summed E-state index contributed by atoms with van der Waals surface area (Å²) in [4.78, 5) is 82.1. The Kier molecular flexibility index (Phi) is 9.95. The molecule has 0 fully saturated rings. The Morgan fingerprint density at radius 3 is 1.20 bits per heavy atom. The van der Waals surface area contributed by atoms with Crippen molar-refractivity contribution in [3.63, 3.8) is 0 Å². The molecule has 40 heavy (non-hydrogen) atoms. The lowest BCUT2D eigenvalue weighted by Crippen LogP contribution is -2.32. The molecule has 0 saturated heterocycles. The maximum Gasteiger partial charge on any atom is 0.373 e. The van der Waals surface area contributed by atoms with Crippen molar-refractivity contribution in [1.29, 1.82) is 0 Å². The van der Waals surface area contributed by atoms with Gasteiger partial charge in [0.05, 0.1) is 22.3 Å². The molecule has 216 valence electrons. The fraction of sp³-hybridized carbons (Fsp3) is 0.414. The molecule has 2 aromatic rings. The van der Waals surface area contributed by atoms with Gasteiger partial charge in [-0.25, -0.2) is 19.2 Å². The first kappa shape index (κ1) is 32.1. The maximum atomic E-state index is 13.2. The highest BCUT2D eigenvalue weighted by atomic mass is 17.2. The van der Waals surface area contributed by atoms with Crippen molar-refractivity contribution in [3.05, 3.63) is 69.8 Å². The van der Waals surface area contributed by atoms with Gasteiger partial charge in [0.1, 0.15) is 11.2 Å². The van der Waals surface area contributed by atoms with E-state index in [4.69, 9.17) is 19.6 Å². The number of ketones is 1. The van der Waals surface area contributed by atoms with Crippen molar-refractivity contribution in [3.8, 4) is 0 Å². The normalized spacial score (nSPS) is 11.8. The van der Waals surface area contributed by atoms with Gasteiger partial charge >= 0.3 is 23.9 Å². The molecule has 11 nitrogen and oxygen atoms in total. The van der Waals surface area contributed by atoms with Crippen LogP contribution in [0.25, 0.3) is 0 Å². The van der Waals surface area contributed by atoms with Crippen molar-refractivity contribution >= 4 is 29.7 Å². The zero-order valence-electron chi connectivity index (χ0n) is 23.7. The number of aromatic carboxylic acids is 2. The van der Waals surface area contributed by atoms with Crippen LogP contribution in [0.3, 0.4) is 0 Å². The molecule has 0 radical (unpaired) electrons. The zero-order valence-corrected chi connectivity index (χ0v) is 23.7. The number of benzene rings is 2. The summed E-state index contributed by atoms with van der Waals surface area (Å²) in [6.07, 6.45) is 0. The molecule has 0 spiro atoms. The van der Waals surface area contributed by atoms with Gasteiger partial charge in [-0.1, -0.05) is 39.8 Å². The van der Waals surface area contributed by atoms with Crippen molar-refractivity contribution < 1.29 is 53.7 Å². The second kappa shape index (κ2) is 12.4. The van der Waals surface area contributed by atoms with Crippen LogP contribution < -0.4 is 0 Å². The van der Waals surface area contributed by atoms with Crippen molar-refractivity contribution in [2.45, 2.75) is 66.6 Å². The third-order valence-electron chi connectivity index (χ3n) is 6.91. The van der Waals surface area contributed by atoms with Gasteiger partial charge in [0.15, 0.2) is 5.78 Å². The fourth-order valence-corrected chi connectivity index (χ4v) is 2.82. The Balaban J connectivity index is 2.37. The third kappa shape index (κ3) is 7.51. The minimum Gasteiger partial charge on any atom is -0.478 e. The molecule has 0 aromatic heterocycles. The quantitative estimate of drug-likeness (QED) is 0.196. The van der Waals surface area contributed by atoms with E-state index in [1.54, 1.807) is 27.7 Å². The lowest BCUT2D eigenvalue weighted by Gasteiger charge is -2.26. The first-order valence-electron chi connectivity index (χ1n) is 12.5. The van der Waals surface area contributed by atoms with E-state index in [-0.39, 0.29) is 34.1 Å². The van der Waals surface area contributed by atoms with E-state index in [1.807, 2.05) is 27.7 Å². The molecule has 2 N–H and O–H groups in total. The highest BCUT2D eigenvalue weighted by molar-refractivity contribution is 6.13. The monoisotopic (exact) mass is 558 g/mol. The molecule has 0 bridgehead atoms. The summed E-state index contributed by atoms with van der Waals surface area (Å²) in [5.74, 6) is -5.94.